The Hall–Kier alpha value is -1.55. The lowest BCUT2D eigenvalue weighted by atomic mass is 10.1. The molecule has 0 saturated carbocycles. The van der Waals surface area contributed by atoms with E-state index >= 15 is 0 Å². The molecule has 0 radical (unpaired) electrons. The Balaban J connectivity index is 2.17. The molecular weight excluding hydrogens is 250 g/mol. The highest BCUT2D eigenvalue weighted by molar-refractivity contribution is 5.80. The van der Waals surface area contributed by atoms with Crippen molar-refractivity contribution in [2.45, 2.75) is 39.2 Å². The predicted octanol–water partition coefficient (Wildman–Crippen LogP) is 2.05. The molecule has 3 N–H and O–H groups in total. The van der Waals surface area contributed by atoms with Gasteiger partial charge in [-0.15, -0.1) is 0 Å². The van der Waals surface area contributed by atoms with Gasteiger partial charge in [0.05, 0.1) is 6.42 Å². The summed E-state index contributed by atoms with van der Waals surface area (Å²) < 4.78 is 0. The second-order valence-electron chi connectivity index (χ2n) is 5.51. The maximum Gasteiger partial charge on any atom is 0.224 e. The molecule has 0 aromatic heterocycles. The first-order valence-electron chi connectivity index (χ1n) is 7.31. The minimum Gasteiger partial charge on any atom is -0.398 e. The molecule has 0 bridgehead atoms. The quantitative estimate of drug-likeness (QED) is 0.565. The van der Waals surface area contributed by atoms with Crippen LogP contribution >= 0.6 is 0 Å². The fourth-order valence-corrected chi connectivity index (χ4v) is 1.90. The van der Waals surface area contributed by atoms with Crippen LogP contribution in [-0.2, 0) is 11.2 Å². The first kappa shape index (κ1) is 16.5. The Morgan fingerprint density at radius 3 is 2.65 bits per heavy atom. The monoisotopic (exact) mass is 277 g/mol. The molecule has 0 unspecified atom stereocenters. The fraction of sp³-hybridized carbons (Fsp3) is 0.562. The van der Waals surface area contributed by atoms with E-state index in [9.17, 15) is 4.79 Å². The fourth-order valence-electron chi connectivity index (χ4n) is 1.90. The molecule has 0 aliphatic heterocycles. The summed E-state index contributed by atoms with van der Waals surface area (Å²) in [5.41, 5.74) is 7.40. The lowest BCUT2D eigenvalue weighted by Gasteiger charge is -2.20. The zero-order valence-corrected chi connectivity index (χ0v) is 12.9. The van der Waals surface area contributed by atoms with Gasteiger partial charge in [0.2, 0.25) is 5.91 Å². The van der Waals surface area contributed by atoms with Gasteiger partial charge in [-0.25, -0.2) is 0 Å². The Bertz CT molecular complexity index is 418. The third-order valence-electron chi connectivity index (χ3n) is 3.55. The van der Waals surface area contributed by atoms with Gasteiger partial charge in [-0.3, -0.25) is 4.79 Å². The maximum absolute atomic E-state index is 11.8. The lowest BCUT2D eigenvalue weighted by molar-refractivity contribution is -0.120. The van der Waals surface area contributed by atoms with Crippen molar-refractivity contribution >= 4 is 11.6 Å². The third-order valence-corrected chi connectivity index (χ3v) is 3.55. The maximum atomic E-state index is 11.8. The van der Waals surface area contributed by atoms with Gasteiger partial charge in [0.15, 0.2) is 0 Å². The van der Waals surface area contributed by atoms with Crippen molar-refractivity contribution in [2.24, 2.45) is 0 Å². The van der Waals surface area contributed by atoms with E-state index in [0.717, 1.165) is 31.5 Å². The van der Waals surface area contributed by atoms with Crippen LogP contribution < -0.4 is 11.1 Å². The van der Waals surface area contributed by atoms with Crippen LogP contribution in [0.4, 0.5) is 5.69 Å². The number of benzene rings is 1. The molecule has 4 nitrogen and oxygen atoms in total. The average molecular weight is 277 g/mol. The van der Waals surface area contributed by atoms with Crippen molar-refractivity contribution in [2.75, 3.05) is 25.9 Å². The van der Waals surface area contributed by atoms with Crippen LogP contribution in [0.1, 0.15) is 32.3 Å². The Morgan fingerprint density at radius 2 is 2.00 bits per heavy atom. The van der Waals surface area contributed by atoms with E-state index < -0.39 is 0 Å². The van der Waals surface area contributed by atoms with Crippen LogP contribution in [0.2, 0.25) is 0 Å². The topological polar surface area (TPSA) is 58.4 Å². The summed E-state index contributed by atoms with van der Waals surface area (Å²) in [6.45, 7) is 6.18. The van der Waals surface area contributed by atoms with Gasteiger partial charge in [-0.05, 0) is 51.9 Å². The summed E-state index contributed by atoms with van der Waals surface area (Å²) >= 11 is 0. The largest absolute Gasteiger partial charge is 0.398 e. The summed E-state index contributed by atoms with van der Waals surface area (Å²) in [7, 11) is 2.13. The zero-order valence-electron chi connectivity index (χ0n) is 12.9. The SMILES string of the molecule is CC(C)N(C)CCCCNC(=O)Cc1ccccc1N. The molecule has 0 heterocycles. The number of rotatable bonds is 8. The molecule has 4 heteroatoms. The van der Waals surface area contributed by atoms with E-state index in [2.05, 4.69) is 31.1 Å². The number of carbonyl (C=O) groups is 1. The van der Waals surface area contributed by atoms with Crippen molar-refractivity contribution in [1.82, 2.24) is 10.2 Å². The molecule has 1 amide bonds. The van der Waals surface area contributed by atoms with Gasteiger partial charge in [0, 0.05) is 18.3 Å². The van der Waals surface area contributed by atoms with Crippen molar-refractivity contribution in [3.8, 4) is 0 Å². The number of nitrogens with zero attached hydrogens (tertiary/aromatic N) is 1. The van der Waals surface area contributed by atoms with Crippen LogP contribution in [0.5, 0.6) is 0 Å². The van der Waals surface area contributed by atoms with Crippen LogP contribution in [0.15, 0.2) is 24.3 Å². The van der Waals surface area contributed by atoms with Crippen LogP contribution in [0, 0.1) is 0 Å². The number of hydrogen-bond acceptors (Lipinski definition) is 3. The van der Waals surface area contributed by atoms with Crippen molar-refractivity contribution in [1.29, 1.82) is 0 Å². The first-order chi connectivity index (χ1) is 9.50. The van der Waals surface area contributed by atoms with Gasteiger partial charge < -0.3 is 16.0 Å². The lowest BCUT2D eigenvalue weighted by Crippen LogP contribution is -2.29. The molecule has 0 aliphatic carbocycles. The van der Waals surface area contributed by atoms with Gasteiger partial charge in [-0.2, -0.15) is 0 Å². The second kappa shape index (κ2) is 8.59. The highest BCUT2D eigenvalue weighted by Gasteiger charge is 2.06. The number of nitrogens with two attached hydrogens (primary N) is 1. The minimum absolute atomic E-state index is 0.0418. The molecule has 0 saturated heterocycles. The van der Waals surface area contributed by atoms with E-state index in [1.54, 1.807) is 0 Å². The van der Waals surface area contributed by atoms with Gasteiger partial charge in [-0.1, -0.05) is 18.2 Å². The normalized spacial score (nSPS) is 11.1. The highest BCUT2D eigenvalue weighted by Crippen LogP contribution is 2.10. The third kappa shape index (κ3) is 6.06. The van der Waals surface area contributed by atoms with Gasteiger partial charge in [0.25, 0.3) is 0 Å². The van der Waals surface area contributed by atoms with Crippen molar-refractivity contribution < 1.29 is 4.79 Å². The zero-order chi connectivity index (χ0) is 15.0. The van der Waals surface area contributed by atoms with Crippen LogP contribution in [0.3, 0.4) is 0 Å². The molecule has 112 valence electrons. The molecule has 1 aromatic rings. The Morgan fingerprint density at radius 1 is 1.30 bits per heavy atom. The first-order valence-corrected chi connectivity index (χ1v) is 7.31. The van der Waals surface area contributed by atoms with Crippen molar-refractivity contribution in [3.63, 3.8) is 0 Å². The Labute approximate surface area is 122 Å². The summed E-state index contributed by atoms with van der Waals surface area (Å²) in [6.07, 6.45) is 2.47. The average Bonchev–Trinajstić information content (AvgIpc) is 2.40. The van der Waals surface area contributed by atoms with Crippen LogP contribution in [0.25, 0.3) is 0 Å². The van der Waals surface area contributed by atoms with E-state index in [1.165, 1.54) is 0 Å². The molecule has 20 heavy (non-hydrogen) atoms. The van der Waals surface area contributed by atoms with Crippen molar-refractivity contribution in [3.05, 3.63) is 29.8 Å². The number of hydrogen-bond donors (Lipinski definition) is 2. The highest BCUT2D eigenvalue weighted by atomic mass is 16.1. The number of nitrogen functional groups attached to an aromatic ring is 1. The summed E-state index contributed by atoms with van der Waals surface area (Å²) in [5.74, 6) is 0.0418. The van der Waals surface area contributed by atoms with E-state index in [-0.39, 0.29) is 5.91 Å². The predicted molar refractivity (Wildman–Crippen MR) is 84.6 cm³/mol. The molecule has 0 atom stereocenters. The molecule has 1 aromatic carbocycles. The number of anilines is 1. The number of nitrogens with one attached hydrogen (secondary N) is 1. The summed E-state index contributed by atoms with van der Waals surface area (Å²) in [5, 5.41) is 2.95. The smallest absolute Gasteiger partial charge is 0.224 e. The molecule has 0 spiro atoms. The second-order valence-corrected chi connectivity index (χ2v) is 5.51. The van der Waals surface area contributed by atoms with Gasteiger partial charge >= 0.3 is 0 Å². The number of para-hydroxylation sites is 1. The molecule has 1 rings (SSSR count). The number of amides is 1. The number of unbranched alkanes of at least 4 members (excludes halogenated alkanes) is 1. The molecule has 0 aliphatic rings. The molecular formula is C16H27N3O. The van der Waals surface area contributed by atoms with Gasteiger partial charge in [0.1, 0.15) is 0 Å². The van der Waals surface area contributed by atoms with E-state index in [0.29, 0.717) is 18.2 Å². The van der Waals surface area contributed by atoms with E-state index in [4.69, 9.17) is 5.73 Å². The summed E-state index contributed by atoms with van der Waals surface area (Å²) in [4.78, 5) is 14.1. The standard InChI is InChI=1S/C16H27N3O/c1-13(2)19(3)11-7-6-10-18-16(20)12-14-8-4-5-9-15(14)17/h4-5,8-9,13H,6-7,10-12,17H2,1-3H3,(H,18,20). The van der Waals surface area contributed by atoms with Crippen LogP contribution in [-0.4, -0.2) is 37.0 Å². The van der Waals surface area contributed by atoms with E-state index in [1.807, 2.05) is 24.3 Å². The number of carbonyl (C=O) groups excluding carboxylic acids is 1. The Kier molecular flexibility index (Phi) is 7.09. The summed E-state index contributed by atoms with van der Waals surface area (Å²) in [6, 6.07) is 8.07. The minimum atomic E-state index is 0.0418. The molecule has 0 fully saturated rings.